The number of amides is 1. The first kappa shape index (κ1) is 15.6. The summed E-state index contributed by atoms with van der Waals surface area (Å²) in [6.45, 7) is 6.44. The van der Waals surface area contributed by atoms with Gasteiger partial charge in [0, 0.05) is 17.9 Å². The van der Waals surface area contributed by atoms with Gasteiger partial charge in [-0.1, -0.05) is 35.0 Å². The molecule has 1 N–H and O–H groups in total. The van der Waals surface area contributed by atoms with Gasteiger partial charge in [-0.05, 0) is 26.3 Å². The Morgan fingerprint density at radius 2 is 1.95 bits per heavy atom. The normalized spacial score (nSPS) is 10.6. The fraction of sp³-hybridized carbons (Fsp3) is 0.375. The second kappa shape index (κ2) is 7.31. The first-order chi connectivity index (χ1) is 10.1. The lowest BCUT2D eigenvalue weighted by atomic mass is 10.1. The van der Waals surface area contributed by atoms with Crippen LogP contribution in [0.4, 0.5) is 0 Å². The van der Waals surface area contributed by atoms with E-state index in [1.165, 1.54) is 5.56 Å². The third-order valence-electron chi connectivity index (χ3n) is 3.27. The number of carbonyl (C=O) groups excluding carboxylic acids is 1. The van der Waals surface area contributed by atoms with E-state index in [1.807, 2.05) is 45.0 Å². The SMILES string of the molecule is Cc1ccc(CNC(=O)CSCc2c(C)noc2C)cc1. The number of nitrogens with one attached hydrogen (secondary N) is 1. The lowest BCUT2D eigenvalue weighted by Crippen LogP contribution is -2.24. The Hall–Kier alpha value is -1.75. The summed E-state index contributed by atoms with van der Waals surface area (Å²) in [5, 5.41) is 6.84. The highest BCUT2D eigenvalue weighted by Crippen LogP contribution is 2.19. The van der Waals surface area contributed by atoms with Gasteiger partial charge in [-0.25, -0.2) is 0 Å². The molecule has 21 heavy (non-hydrogen) atoms. The highest BCUT2D eigenvalue weighted by Gasteiger charge is 2.10. The number of carbonyl (C=O) groups is 1. The molecule has 4 nitrogen and oxygen atoms in total. The van der Waals surface area contributed by atoms with E-state index >= 15 is 0 Å². The van der Waals surface area contributed by atoms with E-state index in [-0.39, 0.29) is 5.91 Å². The molecule has 1 heterocycles. The Balaban J connectivity index is 1.71. The molecule has 1 amide bonds. The van der Waals surface area contributed by atoms with Gasteiger partial charge in [-0.2, -0.15) is 0 Å². The Kier molecular flexibility index (Phi) is 5.44. The van der Waals surface area contributed by atoms with Crippen molar-refractivity contribution in [3.05, 3.63) is 52.4 Å². The van der Waals surface area contributed by atoms with Gasteiger partial charge in [0.2, 0.25) is 5.91 Å². The van der Waals surface area contributed by atoms with E-state index in [2.05, 4.69) is 10.5 Å². The van der Waals surface area contributed by atoms with Crippen LogP contribution in [0.25, 0.3) is 0 Å². The molecule has 112 valence electrons. The van der Waals surface area contributed by atoms with Gasteiger partial charge >= 0.3 is 0 Å². The van der Waals surface area contributed by atoms with Crippen LogP contribution in [0, 0.1) is 20.8 Å². The van der Waals surface area contributed by atoms with Crippen LogP contribution in [-0.4, -0.2) is 16.8 Å². The minimum atomic E-state index is 0.0485. The molecule has 2 aromatic rings. The van der Waals surface area contributed by atoms with Crippen molar-refractivity contribution in [2.75, 3.05) is 5.75 Å². The molecule has 0 aliphatic rings. The van der Waals surface area contributed by atoms with Crippen LogP contribution in [0.3, 0.4) is 0 Å². The van der Waals surface area contributed by atoms with E-state index < -0.39 is 0 Å². The molecule has 0 saturated carbocycles. The molecule has 0 atom stereocenters. The summed E-state index contributed by atoms with van der Waals surface area (Å²) < 4.78 is 5.10. The molecule has 2 rings (SSSR count). The molecule has 0 spiro atoms. The molecule has 0 aliphatic carbocycles. The third kappa shape index (κ3) is 4.63. The van der Waals surface area contributed by atoms with Crippen molar-refractivity contribution in [3.63, 3.8) is 0 Å². The Morgan fingerprint density at radius 1 is 1.24 bits per heavy atom. The second-order valence-corrected chi connectivity index (χ2v) is 6.04. The fourth-order valence-corrected chi connectivity index (χ4v) is 2.92. The molecule has 0 unspecified atom stereocenters. The quantitative estimate of drug-likeness (QED) is 0.890. The summed E-state index contributed by atoms with van der Waals surface area (Å²) in [6, 6.07) is 8.17. The maximum absolute atomic E-state index is 11.8. The van der Waals surface area contributed by atoms with E-state index in [0.29, 0.717) is 12.3 Å². The molecule has 1 aromatic carbocycles. The van der Waals surface area contributed by atoms with E-state index in [0.717, 1.165) is 28.3 Å². The van der Waals surface area contributed by atoms with Crippen LogP contribution in [0.15, 0.2) is 28.8 Å². The number of aryl methyl sites for hydroxylation is 3. The smallest absolute Gasteiger partial charge is 0.230 e. The lowest BCUT2D eigenvalue weighted by Gasteiger charge is -2.06. The predicted molar refractivity (Wildman–Crippen MR) is 85.2 cm³/mol. The monoisotopic (exact) mass is 304 g/mol. The van der Waals surface area contributed by atoms with Crippen LogP contribution in [0.5, 0.6) is 0 Å². The van der Waals surface area contributed by atoms with E-state index in [9.17, 15) is 4.79 Å². The number of benzene rings is 1. The maximum Gasteiger partial charge on any atom is 0.230 e. The first-order valence-corrected chi connectivity index (χ1v) is 8.03. The van der Waals surface area contributed by atoms with Gasteiger partial charge in [-0.15, -0.1) is 11.8 Å². The Bertz CT molecular complexity index is 586. The largest absolute Gasteiger partial charge is 0.361 e. The van der Waals surface area contributed by atoms with Gasteiger partial charge in [0.15, 0.2) is 0 Å². The van der Waals surface area contributed by atoms with E-state index in [4.69, 9.17) is 4.52 Å². The molecule has 0 bridgehead atoms. The summed E-state index contributed by atoms with van der Waals surface area (Å²) in [6.07, 6.45) is 0. The van der Waals surface area contributed by atoms with E-state index in [1.54, 1.807) is 11.8 Å². The standard InChI is InChI=1S/C16H20N2O2S/c1-11-4-6-14(7-5-11)8-17-16(19)10-21-9-15-12(2)18-20-13(15)3/h4-7H,8-10H2,1-3H3,(H,17,19). The van der Waals surface area contributed by atoms with Crippen molar-refractivity contribution >= 4 is 17.7 Å². The number of hydrogen-bond acceptors (Lipinski definition) is 4. The summed E-state index contributed by atoms with van der Waals surface area (Å²) in [7, 11) is 0. The molecule has 0 saturated heterocycles. The summed E-state index contributed by atoms with van der Waals surface area (Å²) in [4.78, 5) is 11.8. The minimum absolute atomic E-state index is 0.0485. The minimum Gasteiger partial charge on any atom is -0.361 e. The number of nitrogens with zero attached hydrogens (tertiary/aromatic N) is 1. The zero-order valence-electron chi connectivity index (χ0n) is 12.6. The number of rotatable bonds is 6. The van der Waals surface area contributed by atoms with Crippen molar-refractivity contribution < 1.29 is 9.32 Å². The number of thioether (sulfide) groups is 1. The lowest BCUT2D eigenvalue weighted by molar-refractivity contribution is -0.118. The van der Waals surface area contributed by atoms with Gasteiger partial charge in [-0.3, -0.25) is 4.79 Å². The highest BCUT2D eigenvalue weighted by molar-refractivity contribution is 7.99. The summed E-state index contributed by atoms with van der Waals surface area (Å²) >= 11 is 1.57. The van der Waals surface area contributed by atoms with Crippen molar-refractivity contribution in [1.29, 1.82) is 0 Å². The van der Waals surface area contributed by atoms with Crippen molar-refractivity contribution in [2.45, 2.75) is 33.1 Å². The Morgan fingerprint density at radius 3 is 2.57 bits per heavy atom. The average molecular weight is 304 g/mol. The van der Waals surface area contributed by atoms with Crippen molar-refractivity contribution in [3.8, 4) is 0 Å². The van der Waals surface area contributed by atoms with Crippen LogP contribution in [-0.2, 0) is 17.1 Å². The summed E-state index contributed by atoms with van der Waals surface area (Å²) in [5.41, 5.74) is 4.33. The molecule has 0 radical (unpaired) electrons. The molecule has 0 fully saturated rings. The number of hydrogen-bond donors (Lipinski definition) is 1. The topological polar surface area (TPSA) is 55.1 Å². The second-order valence-electron chi connectivity index (χ2n) is 5.06. The van der Waals surface area contributed by atoms with Gasteiger partial charge in [0.25, 0.3) is 0 Å². The van der Waals surface area contributed by atoms with Gasteiger partial charge in [0.1, 0.15) is 5.76 Å². The highest BCUT2D eigenvalue weighted by atomic mass is 32.2. The third-order valence-corrected chi connectivity index (χ3v) is 4.23. The van der Waals surface area contributed by atoms with Crippen LogP contribution in [0.1, 0.15) is 28.1 Å². The molecular formula is C16H20N2O2S. The average Bonchev–Trinajstić information content (AvgIpc) is 2.78. The summed E-state index contributed by atoms with van der Waals surface area (Å²) in [5.74, 6) is 2.07. The molecule has 5 heteroatoms. The van der Waals surface area contributed by atoms with Gasteiger partial charge in [0.05, 0.1) is 11.4 Å². The fourth-order valence-electron chi connectivity index (χ4n) is 1.91. The molecule has 1 aromatic heterocycles. The Labute approximate surface area is 129 Å². The molecular weight excluding hydrogens is 284 g/mol. The van der Waals surface area contributed by atoms with Crippen LogP contribution in [0.2, 0.25) is 0 Å². The number of aromatic nitrogens is 1. The maximum atomic E-state index is 11.8. The molecule has 0 aliphatic heterocycles. The van der Waals surface area contributed by atoms with Crippen molar-refractivity contribution in [1.82, 2.24) is 10.5 Å². The zero-order chi connectivity index (χ0) is 15.2. The zero-order valence-corrected chi connectivity index (χ0v) is 13.4. The van der Waals surface area contributed by atoms with Crippen molar-refractivity contribution in [2.24, 2.45) is 0 Å². The predicted octanol–water partition coefficient (Wildman–Crippen LogP) is 3.15. The van der Waals surface area contributed by atoms with Gasteiger partial charge < -0.3 is 9.84 Å². The van der Waals surface area contributed by atoms with Crippen LogP contribution < -0.4 is 5.32 Å². The van der Waals surface area contributed by atoms with Crippen LogP contribution >= 0.6 is 11.8 Å². The first-order valence-electron chi connectivity index (χ1n) is 6.88.